The molecule has 5 heteroatoms. The van der Waals surface area contributed by atoms with Crippen molar-refractivity contribution >= 4 is 0 Å². The Morgan fingerprint density at radius 2 is 1.86 bits per heavy atom. The monoisotopic (exact) mass is 129 g/mol. The molecule has 0 bridgehead atoms. The van der Waals surface area contributed by atoms with E-state index in [0.717, 1.165) is 6.92 Å². The van der Waals surface area contributed by atoms with E-state index in [1.165, 1.54) is 0 Å². The summed E-state index contributed by atoms with van der Waals surface area (Å²) in [6, 6.07) is 0. The van der Waals surface area contributed by atoms with Gasteiger partial charge in [0.2, 0.25) is 0 Å². The average molecular weight is 129 g/mol. The van der Waals surface area contributed by atoms with Gasteiger partial charge in [-0.15, -0.1) is 0 Å². The van der Waals surface area contributed by atoms with Crippen LogP contribution in [0.15, 0.2) is 0 Å². The first-order valence-corrected chi connectivity index (χ1v) is 1.44. The first-order valence-electron chi connectivity index (χ1n) is 1.44. The molecule has 0 rings (SSSR count). The van der Waals surface area contributed by atoms with Crippen LogP contribution in [0.25, 0.3) is 0 Å². The normalized spacial score (nSPS) is 11.7. The van der Waals surface area contributed by atoms with Gasteiger partial charge in [0, 0.05) is 4.92 Å². The smallest absolute Gasteiger partial charge is 0.794 e. The van der Waals surface area contributed by atoms with E-state index in [4.69, 9.17) is 0 Å². The summed E-state index contributed by atoms with van der Waals surface area (Å²) in [4.78, 5) is 8.30. The molecule has 0 aromatic heterocycles. The van der Waals surface area contributed by atoms with E-state index in [9.17, 15) is 15.2 Å². The average Bonchev–Trinajstić information content (AvgIpc) is 1.36. The van der Waals surface area contributed by atoms with E-state index < -0.39 is 11.2 Å². The maximum atomic E-state index is 9.53. The molecule has 0 aromatic rings. The van der Waals surface area contributed by atoms with Crippen molar-refractivity contribution in [3.05, 3.63) is 10.1 Å². The number of nitrogens with zero attached hydrogens (tertiary/aromatic N) is 1. The van der Waals surface area contributed by atoms with Gasteiger partial charge in [0.15, 0.2) is 6.23 Å². The van der Waals surface area contributed by atoms with Crippen molar-refractivity contribution in [2.75, 3.05) is 0 Å². The second-order valence-corrected chi connectivity index (χ2v) is 0.885. The van der Waals surface area contributed by atoms with Crippen molar-refractivity contribution in [2.45, 2.75) is 13.2 Å². The predicted molar refractivity (Wildman–Crippen MR) is 16.5 cm³/mol. The van der Waals surface area contributed by atoms with Crippen LogP contribution in [0.1, 0.15) is 6.92 Å². The topological polar surface area (TPSA) is 66.2 Å². The third kappa shape index (κ3) is 7.00. The molecule has 36 valence electrons. The van der Waals surface area contributed by atoms with Crippen LogP contribution in [0.2, 0.25) is 0 Å². The Bertz CT molecular complexity index is 64.0. The molecule has 0 radical (unpaired) electrons. The Labute approximate surface area is 83.5 Å². The molecule has 0 fully saturated rings. The minimum absolute atomic E-state index is 0. The van der Waals surface area contributed by atoms with Crippen molar-refractivity contribution in [3.8, 4) is 0 Å². The SMILES string of the molecule is CC([O-])[N+](=O)[O-].[K+]. The van der Waals surface area contributed by atoms with Gasteiger partial charge in [-0.2, -0.15) is 0 Å². The summed E-state index contributed by atoms with van der Waals surface area (Å²) < 4.78 is 0. The molecule has 0 spiro atoms. The largest absolute Gasteiger partial charge is 1.00 e. The Morgan fingerprint density at radius 3 is 1.86 bits per heavy atom. The van der Waals surface area contributed by atoms with Crippen LogP contribution in [-0.4, -0.2) is 11.2 Å². The van der Waals surface area contributed by atoms with Crippen molar-refractivity contribution in [1.29, 1.82) is 0 Å². The van der Waals surface area contributed by atoms with Gasteiger partial charge in [-0.3, -0.25) is 10.1 Å². The zero-order valence-corrected chi connectivity index (χ0v) is 7.37. The Hall–Kier alpha value is 0.996. The first kappa shape index (κ1) is 10.9. The molecule has 0 saturated heterocycles. The third-order valence-corrected chi connectivity index (χ3v) is 0.297. The summed E-state index contributed by atoms with van der Waals surface area (Å²) in [7, 11) is 0. The number of hydrogen-bond acceptors (Lipinski definition) is 3. The quantitative estimate of drug-likeness (QED) is 0.157. The second-order valence-electron chi connectivity index (χ2n) is 0.885. The fraction of sp³-hybridized carbons (Fsp3) is 1.00. The zero-order valence-electron chi connectivity index (χ0n) is 4.25. The number of rotatable bonds is 1. The number of hydrogen-bond donors (Lipinski definition) is 0. The maximum Gasteiger partial charge on any atom is 1.00 e. The second kappa shape index (κ2) is 5.14. The predicted octanol–water partition coefficient (Wildman–Crippen LogP) is -4.03. The van der Waals surface area contributed by atoms with Crippen LogP contribution < -0.4 is 56.5 Å². The fourth-order valence-electron chi connectivity index (χ4n) is 0. The van der Waals surface area contributed by atoms with E-state index in [2.05, 4.69) is 0 Å². The molecular weight excluding hydrogens is 125 g/mol. The van der Waals surface area contributed by atoms with E-state index in [1.807, 2.05) is 0 Å². The van der Waals surface area contributed by atoms with E-state index in [0.29, 0.717) is 0 Å². The summed E-state index contributed by atoms with van der Waals surface area (Å²) in [5, 5.41) is 18.7. The molecule has 0 aliphatic rings. The van der Waals surface area contributed by atoms with Crippen LogP contribution >= 0.6 is 0 Å². The van der Waals surface area contributed by atoms with Gasteiger partial charge >= 0.3 is 51.4 Å². The molecule has 7 heavy (non-hydrogen) atoms. The van der Waals surface area contributed by atoms with Crippen LogP contribution in [0.3, 0.4) is 0 Å². The summed E-state index contributed by atoms with van der Waals surface area (Å²) in [6.45, 7) is 0.986. The van der Waals surface area contributed by atoms with E-state index in [-0.39, 0.29) is 51.4 Å². The Morgan fingerprint density at radius 1 is 1.71 bits per heavy atom. The minimum atomic E-state index is -1.68. The number of nitro groups is 1. The van der Waals surface area contributed by atoms with E-state index >= 15 is 0 Å². The minimum Gasteiger partial charge on any atom is -0.794 e. The van der Waals surface area contributed by atoms with Gasteiger partial charge in [0.05, 0.1) is 0 Å². The van der Waals surface area contributed by atoms with Gasteiger partial charge in [-0.1, -0.05) is 0 Å². The standard InChI is InChI=1S/C2H4NO3.K/c1-2(4)3(5)6;/h2H,1H3;/q-1;+1. The molecule has 0 saturated carbocycles. The van der Waals surface area contributed by atoms with Crippen molar-refractivity contribution in [1.82, 2.24) is 0 Å². The van der Waals surface area contributed by atoms with Crippen LogP contribution in [-0.2, 0) is 0 Å². The molecule has 1 atom stereocenters. The van der Waals surface area contributed by atoms with Gasteiger partial charge < -0.3 is 5.11 Å². The molecule has 4 nitrogen and oxygen atoms in total. The summed E-state index contributed by atoms with van der Waals surface area (Å²) in [5.41, 5.74) is 0. The Kier molecular flexibility index (Phi) is 7.99. The molecule has 1 unspecified atom stereocenters. The summed E-state index contributed by atoms with van der Waals surface area (Å²) in [5.74, 6) is 0. The van der Waals surface area contributed by atoms with Gasteiger partial charge in [-0.25, -0.2) is 0 Å². The molecule has 0 N–H and O–H groups in total. The molecule has 0 aliphatic heterocycles. The fourth-order valence-corrected chi connectivity index (χ4v) is 0. The third-order valence-electron chi connectivity index (χ3n) is 0.297. The van der Waals surface area contributed by atoms with Crippen LogP contribution in [0, 0.1) is 10.1 Å². The molecule has 0 amide bonds. The molecule has 0 aromatic carbocycles. The van der Waals surface area contributed by atoms with Gasteiger partial charge in [-0.05, 0) is 6.92 Å². The van der Waals surface area contributed by atoms with Crippen LogP contribution in [0.4, 0.5) is 0 Å². The summed E-state index contributed by atoms with van der Waals surface area (Å²) in [6.07, 6.45) is -1.68. The van der Waals surface area contributed by atoms with E-state index in [1.54, 1.807) is 0 Å². The van der Waals surface area contributed by atoms with Crippen LogP contribution in [0.5, 0.6) is 0 Å². The Balaban J connectivity index is 0. The first-order chi connectivity index (χ1) is 2.64. The molecule has 0 heterocycles. The zero-order chi connectivity index (χ0) is 5.15. The van der Waals surface area contributed by atoms with Gasteiger partial charge in [0.1, 0.15) is 0 Å². The van der Waals surface area contributed by atoms with Crippen molar-refractivity contribution < 1.29 is 61.4 Å². The van der Waals surface area contributed by atoms with Gasteiger partial charge in [0.25, 0.3) is 0 Å². The molecule has 0 aliphatic carbocycles. The summed E-state index contributed by atoms with van der Waals surface area (Å²) >= 11 is 0. The van der Waals surface area contributed by atoms with Crippen molar-refractivity contribution in [2.24, 2.45) is 0 Å². The maximum absolute atomic E-state index is 9.53. The van der Waals surface area contributed by atoms with Crippen molar-refractivity contribution in [3.63, 3.8) is 0 Å². The molecular formula is C2H4KNO3.